The molecule has 0 spiro atoms. The fourth-order valence-corrected chi connectivity index (χ4v) is 5.08. The first-order valence-electron chi connectivity index (χ1n) is 12.4. The van der Waals surface area contributed by atoms with Crippen LogP contribution in [-0.2, 0) is 15.9 Å². The molecule has 4 rings (SSSR count). The maximum absolute atomic E-state index is 10.3. The second kappa shape index (κ2) is 12.5. The smallest absolute Gasteiger partial charge is 0.229 e. The van der Waals surface area contributed by atoms with Crippen molar-refractivity contribution in [2.75, 3.05) is 41.2 Å². The van der Waals surface area contributed by atoms with Gasteiger partial charge in [-0.1, -0.05) is 12.1 Å². The average Bonchev–Trinajstić information content (AvgIpc) is 3.35. The molecule has 0 radical (unpaired) electrons. The Hall–Kier alpha value is -2.64. The van der Waals surface area contributed by atoms with E-state index in [0.717, 1.165) is 11.1 Å². The van der Waals surface area contributed by atoms with Crippen LogP contribution in [0.15, 0.2) is 36.4 Å². The van der Waals surface area contributed by atoms with E-state index in [4.69, 9.17) is 28.4 Å². The Bertz CT molecular complexity index is 1060. The lowest BCUT2D eigenvalue weighted by Crippen LogP contribution is -2.60. The van der Waals surface area contributed by atoms with Crippen LogP contribution in [0.5, 0.6) is 23.0 Å². The molecule has 0 saturated carbocycles. The van der Waals surface area contributed by atoms with Gasteiger partial charge >= 0.3 is 0 Å². The Balaban J connectivity index is 1.47. The summed E-state index contributed by atoms with van der Waals surface area (Å²) in [5, 5.41) is 50.0. The van der Waals surface area contributed by atoms with Gasteiger partial charge in [-0.25, -0.2) is 0 Å². The standard InChI is InChI=1S/C27H36O11/c1-33-18-7-5-15(10-21(18)35-3)26-17(11-28)16(13-36-26)8-14-4-6-19(20(9-14)34-2)37-27-25(32)24(31)23(30)22(12-29)38-27/h4-7,9-10,16-17,22-32H,8,11-13H2,1-3H3. The molecule has 5 N–H and O–H groups in total. The van der Waals surface area contributed by atoms with E-state index in [0.29, 0.717) is 30.3 Å². The lowest BCUT2D eigenvalue weighted by atomic mass is 9.84. The zero-order valence-electron chi connectivity index (χ0n) is 21.6. The van der Waals surface area contributed by atoms with E-state index < -0.39 is 37.3 Å². The minimum absolute atomic E-state index is 0.0278. The van der Waals surface area contributed by atoms with Gasteiger partial charge in [-0.3, -0.25) is 0 Å². The van der Waals surface area contributed by atoms with Gasteiger partial charge in [0.1, 0.15) is 24.4 Å². The van der Waals surface area contributed by atoms with Gasteiger partial charge in [0.25, 0.3) is 0 Å². The molecule has 2 heterocycles. The predicted octanol–water partition coefficient (Wildman–Crippen LogP) is 0.430. The molecule has 0 bridgehead atoms. The molecule has 8 unspecified atom stereocenters. The van der Waals surface area contributed by atoms with Crippen molar-refractivity contribution in [1.29, 1.82) is 0 Å². The molecule has 0 aliphatic carbocycles. The zero-order chi connectivity index (χ0) is 27.4. The van der Waals surface area contributed by atoms with E-state index in [1.54, 1.807) is 26.4 Å². The minimum Gasteiger partial charge on any atom is -0.493 e. The Kier molecular flexibility index (Phi) is 9.32. The molecule has 38 heavy (non-hydrogen) atoms. The van der Waals surface area contributed by atoms with E-state index in [-0.39, 0.29) is 30.3 Å². The molecule has 2 aliphatic rings. The number of aliphatic hydroxyl groups excluding tert-OH is 5. The van der Waals surface area contributed by atoms with Gasteiger partial charge in [-0.05, 0) is 47.7 Å². The largest absolute Gasteiger partial charge is 0.493 e. The molecule has 11 nitrogen and oxygen atoms in total. The van der Waals surface area contributed by atoms with Gasteiger partial charge in [0.2, 0.25) is 6.29 Å². The van der Waals surface area contributed by atoms with E-state index in [1.807, 2.05) is 24.3 Å². The molecule has 8 atom stereocenters. The number of rotatable bonds is 10. The highest BCUT2D eigenvalue weighted by Crippen LogP contribution is 2.43. The fraction of sp³-hybridized carbons (Fsp3) is 0.556. The summed E-state index contributed by atoms with van der Waals surface area (Å²) in [6.07, 6.45) is -6.67. The first-order valence-corrected chi connectivity index (χ1v) is 12.4. The molecule has 11 heteroatoms. The van der Waals surface area contributed by atoms with Crippen LogP contribution in [0.25, 0.3) is 0 Å². The molecular formula is C27H36O11. The van der Waals surface area contributed by atoms with Crippen molar-refractivity contribution in [3.8, 4) is 23.0 Å². The van der Waals surface area contributed by atoms with Crippen LogP contribution >= 0.6 is 0 Å². The molecule has 2 aliphatic heterocycles. The summed E-state index contributed by atoms with van der Waals surface area (Å²) in [6.45, 7) is -0.157. The van der Waals surface area contributed by atoms with Gasteiger partial charge < -0.3 is 54.0 Å². The van der Waals surface area contributed by atoms with Crippen molar-refractivity contribution in [1.82, 2.24) is 0 Å². The Labute approximate surface area is 221 Å². The molecule has 210 valence electrons. The third kappa shape index (κ3) is 5.69. The minimum atomic E-state index is -1.55. The van der Waals surface area contributed by atoms with Crippen LogP contribution in [0, 0.1) is 11.8 Å². The summed E-state index contributed by atoms with van der Waals surface area (Å²) in [7, 11) is 4.62. The van der Waals surface area contributed by atoms with Gasteiger partial charge in [0, 0.05) is 12.5 Å². The topological polar surface area (TPSA) is 157 Å². The second-order valence-electron chi connectivity index (χ2n) is 9.48. The van der Waals surface area contributed by atoms with Crippen LogP contribution in [0.2, 0.25) is 0 Å². The SMILES string of the molecule is COc1ccc(C2OCC(Cc3ccc(OC4OC(CO)C(O)C(O)C4O)c(OC)c3)C2CO)cc1OC. The normalized spacial score (nSPS) is 31.2. The summed E-state index contributed by atoms with van der Waals surface area (Å²) in [4.78, 5) is 0. The first kappa shape index (κ1) is 28.4. The Morgan fingerprint density at radius 2 is 1.47 bits per heavy atom. The number of hydrogen-bond acceptors (Lipinski definition) is 11. The highest BCUT2D eigenvalue weighted by Gasteiger charge is 2.45. The number of hydrogen-bond donors (Lipinski definition) is 5. The van der Waals surface area contributed by atoms with E-state index in [2.05, 4.69) is 0 Å². The molecule has 2 saturated heterocycles. The second-order valence-corrected chi connectivity index (χ2v) is 9.48. The Morgan fingerprint density at radius 3 is 2.13 bits per heavy atom. The average molecular weight is 537 g/mol. The summed E-state index contributed by atoms with van der Waals surface area (Å²) in [5.74, 6) is 1.71. The number of benzene rings is 2. The van der Waals surface area contributed by atoms with E-state index in [1.165, 1.54) is 7.11 Å². The predicted molar refractivity (Wildman–Crippen MR) is 133 cm³/mol. The van der Waals surface area contributed by atoms with Gasteiger partial charge in [-0.15, -0.1) is 0 Å². The summed E-state index contributed by atoms with van der Waals surface area (Å²) in [6, 6.07) is 10.9. The number of methoxy groups -OCH3 is 3. The van der Waals surface area contributed by atoms with Crippen molar-refractivity contribution in [2.45, 2.75) is 43.2 Å². The maximum atomic E-state index is 10.3. The quantitative estimate of drug-likeness (QED) is 0.287. The summed E-state index contributed by atoms with van der Waals surface area (Å²) in [5.41, 5.74) is 1.81. The van der Waals surface area contributed by atoms with Crippen LogP contribution in [-0.4, -0.2) is 97.4 Å². The highest BCUT2D eigenvalue weighted by atomic mass is 16.7. The molecule has 0 amide bonds. The third-order valence-corrected chi connectivity index (χ3v) is 7.25. The third-order valence-electron chi connectivity index (χ3n) is 7.25. The van der Waals surface area contributed by atoms with Crippen LogP contribution in [0.1, 0.15) is 17.2 Å². The zero-order valence-corrected chi connectivity index (χ0v) is 21.6. The van der Waals surface area contributed by atoms with Crippen LogP contribution < -0.4 is 18.9 Å². The maximum Gasteiger partial charge on any atom is 0.229 e. The molecular weight excluding hydrogens is 500 g/mol. The highest BCUT2D eigenvalue weighted by molar-refractivity contribution is 5.45. The van der Waals surface area contributed by atoms with Crippen molar-refractivity contribution < 1.29 is 54.0 Å². The van der Waals surface area contributed by atoms with E-state index >= 15 is 0 Å². The number of aliphatic hydroxyl groups is 5. The van der Waals surface area contributed by atoms with Crippen LogP contribution in [0.4, 0.5) is 0 Å². The Morgan fingerprint density at radius 1 is 0.789 bits per heavy atom. The number of ether oxygens (including phenoxy) is 6. The molecule has 0 aromatic heterocycles. The molecule has 2 aromatic carbocycles. The van der Waals surface area contributed by atoms with Gasteiger partial charge in [-0.2, -0.15) is 0 Å². The van der Waals surface area contributed by atoms with Gasteiger partial charge in [0.05, 0.1) is 40.6 Å². The van der Waals surface area contributed by atoms with Crippen molar-refractivity contribution in [3.05, 3.63) is 47.5 Å². The lowest BCUT2D eigenvalue weighted by molar-refractivity contribution is -0.277. The van der Waals surface area contributed by atoms with Crippen molar-refractivity contribution in [3.63, 3.8) is 0 Å². The van der Waals surface area contributed by atoms with Gasteiger partial charge in [0.15, 0.2) is 23.0 Å². The van der Waals surface area contributed by atoms with Crippen molar-refractivity contribution >= 4 is 0 Å². The monoisotopic (exact) mass is 536 g/mol. The fourth-order valence-electron chi connectivity index (χ4n) is 5.08. The van der Waals surface area contributed by atoms with Crippen LogP contribution in [0.3, 0.4) is 0 Å². The summed E-state index contributed by atoms with van der Waals surface area (Å²) >= 11 is 0. The lowest BCUT2D eigenvalue weighted by Gasteiger charge is -2.39. The summed E-state index contributed by atoms with van der Waals surface area (Å²) < 4.78 is 33.5. The van der Waals surface area contributed by atoms with E-state index in [9.17, 15) is 25.5 Å². The molecule has 2 fully saturated rings. The molecule has 2 aromatic rings. The first-order chi connectivity index (χ1) is 18.3. The van der Waals surface area contributed by atoms with Crippen molar-refractivity contribution in [2.24, 2.45) is 11.8 Å².